The van der Waals surface area contributed by atoms with Gasteiger partial charge >= 0.3 is 63.3 Å². The molecule has 0 saturated carbocycles. The predicted molar refractivity (Wildman–Crippen MR) is 52.5 cm³/mol. The van der Waals surface area contributed by atoms with Crippen molar-refractivity contribution in [1.29, 1.82) is 0 Å². The van der Waals surface area contributed by atoms with E-state index >= 15 is 0 Å². The Hall–Kier alpha value is 0.0864. The molecule has 0 atom stereocenters. The van der Waals surface area contributed by atoms with Crippen LogP contribution < -0.4 is 0 Å². The zero-order valence-corrected chi connectivity index (χ0v) is 7.08. The summed E-state index contributed by atoms with van der Waals surface area (Å²) in [6.07, 6.45) is 0. The van der Waals surface area contributed by atoms with Crippen LogP contribution in [0.5, 0.6) is 0 Å². The SMILES string of the molecule is O=C(O)c1cccc(Cl)c1C(=O)O.[KH]. The Bertz CT molecular complexity index is 378. The molecule has 0 heterocycles. The van der Waals surface area contributed by atoms with Crippen molar-refractivity contribution in [2.24, 2.45) is 0 Å². The zero-order valence-electron chi connectivity index (χ0n) is 6.32. The Morgan fingerprint density at radius 1 is 1.14 bits per heavy atom. The second-order valence-corrected chi connectivity index (χ2v) is 2.68. The van der Waals surface area contributed by atoms with E-state index in [1.807, 2.05) is 0 Å². The van der Waals surface area contributed by atoms with Crippen LogP contribution in [0.15, 0.2) is 18.2 Å². The van der Waals surface area contributed by atoms with Crippen molar-refractivity contribution >= 4 is 74.9 Å². The second kappa shape index (κ2) is 5.84. The molecule has 6 heteroatoms. The van der Waals surface area contributed by atoms with E-state index in [1.165, 1.54) is 18.2 Å². The van der Waals surface area contributed by atoms with Gasteiger partial charge in [0.15, 0.2) is 0 Å². The molecule has 4 nitrogen and oxygen atoms in total. The van der Waals surface area contributed by atoms with Crippen LogP contribution in [0.2, 0.25) is 5.02 Å². The number of carboxylic acids is 2. The van der Waals surface area contributed by atoms with E-state index in [0.29, 0.717) is 0 Å². The first-order valence-corrected chi connectivity index (χ1v) is 3.67. The molecule has 0 aliphatic rings. The van der Waals surface area contributed by atoms with Crippen LogP contribution in [-0.2, 0) is 0 Å². The maximum absolute atomic E-state index is 10.6. The molecule has 0 unspecified atom stereocenters. The van der Waals surface area contributed by atoms with Gasteiger partial charge in [0.1, 0.15) is 0 Å². The summed E-state index contributed by atoms with van der Waals surface area (Å²) in [5.74, 6) is -2.65. The molecule has 0 aliphatic carbocycles. The summed E-state index contributed by atoms with van der Waals surface area (Å²) in [6.45, 7) is 0. The molecule has 0 aromatic heterocycles. The van der Waals surface area contributed by atoms with Gasteiger partial charge in [-0.15, -0.1) is 0 Å². The Kier molecular flexibility index (Phi) is 5.88. The molecular formula is C8H6ClKO4. The average molecular weight is 241 g/mol. The molecule has 0 bridgehead atoms. The van der Waals surface area contributed by atoms with Crippen molar-refractivity contribution in [3.8, 4) is 0 Å². The number of aromatic carboxylic acids is 2. The second-order valence-electron chi connectivity index (χ2n) is 2.27. The van der Waals surface area contributed by atoms with E-state index in [2.05, 4.69) is 0 Å². The van der Waals surface area contributed by atoms with Gasteiger partial charge in [-0.3, -0.25) is 0 Å². The number of carboxylic acid groups (broad SMARTS) is 2. The third-order valence-corrected chi connectivity index (χ3v) is 1.77. The van der Waals surface area contributed by atoms with Gasteiger partial charge in [-0.25, -0.2) is 9.59 Å². The molecule has 0 spiro atoms. The number of halogens is 1. The Morgan fingerprint density at radius 2 is 1.71 bits per heavy atom. The fourth-order valence-electron chi connectivity index (χ4n) is 0.920. The van der Waals surface area contributed by atoms with E-state index in [1.54, 1.807) is 0 Å². The molecule has 1 aromatic rings. The van der Waals surface area contributed by atoms with Crippen LogP contribution in [0.4, 0.5) is 0 Å². The fraction of sp³-hybridized carbons (Fsp3) is 0. The molecule has 70 valence electrons. The number of carbonyl (C=O) groups is 2. The number of hydrogen-bond donors (Lipinski definition) is 2. The third-order valence-electron chi connectivity index (χ3n) is 1.46. The molecule has 0 radical (unpaired) electrons. The summed E-state index contributed by atoms with van der Waals surface area (Å²) >= 11 is 5.52. The van der Waals surface area contributed by atoms with Gasteiger partial charge in [-0.2, -0.15) is 0 Å². The van der Waals surface area contributed by atoms with Gasteiger partial charge in [0.05, 0.1) is 16.1 Å². The molecular weight excluding hydrogens is 235 g/mol. The quantitative estimate of drug-likeness (QED) is 0.759. The predicted octanol–water partition coefficient (Wildman–Crippen LogP) is 1.09. The topological polar surface area (TPSA) is 74.6 Å². The number of benzene rings is 1. The summed E-state index contributed by atoms with van der Waals surface area (Å²) in [6, 6.07) is 3.91. The molecule has 0 fully saturated rings. The Balaban J connectivity index is 0.00000169. The summed E-state index contributed by atoms with van der Waals surface area (Å²) in [7, 11) is 0. The van der Waals surface area contributed by atoms with E-state index in [4.69, 9.17) is 21.8 Å². The van der Waals surface area contributed by atoms with E-state index < -0.39 is 11.9 Å². The van der Waals surface area contributed by atoms with Crippen molar-refractivity contribution in [2.45, 2.75) is 0 Å². The zero-order chi connectivity index (χ0) is 10.0. The monoisotopic (exact) mass is 240 g/mol. The minimum atomic E-state index is -1.34. The van der Waals surface area contributed by atoms with Crippen molar-refractivity contribution in [2.75, 3.05) is 0 Å². The van der Waals surface area contributed by atoms with Crippen LogP contribution in [-0.4, -0.2) is 73.5 Å². The summed E-state index contributed by atoms with van der Waals surface area (Å²) in [5.41, 5.74) is -0.684. The molecule has 0 aliphatic heterocycles. The third kappa shape index (κ3) is 3.05. The summed E-state index contributed by atoms with van der Waals surface area (Å²) in [5, 5.41) is 17.2. The van der Waals surface area contributed by atoms with Gasteiger partial charge < -0.3 is 10.2 Å². The van der Waals surface area contributed by atoms with Crippen LogP contribution in [0.1, 0.15) is 20.7 Å². The van der Waals surface area contributed by atoms with E-state index in [9.17, 15) is 9.59 Å². The molecule has 0 saturated heterocycles. The standard InChI is InChI=1S/C8H5ClO4.K.H/c9-5-3-1-2-4(7(10)11)6(5)8(12)13;;/h1-3H,(H,10,11)(H,12,13);;. The van der Waals surface area contributed by atoms with Crippen molar-refractivity contribution in [3.05, 3.63) is 34.3 Å². The van der Waals surface area contributed by atoms with E-state index in [-0.39, 0.29) is 67.5 Å². The Labute approximate surface area is 127 Å². The van der Waals surface area contributed by atoms with Gasteiger partial charge in [0.25, 0.3) is 0 Å². The van der Waals surface area contributed by atoms with Crippen LogP contribution in [0.25, 0.3) is 0 Å². The normalized spacial score (nSPS) is 8.93. The van der Waals surface area contributed by atoms with E-state index in [0.717, 1.165) is 0 Å². The van der Waals surface area contributed by atoms with Crippen LogP contribution >= 0.6 is 11.6 Å². The molecule has 14 heavy (non-hydrogen) atoms. The molecule has 1 aromatic carbocycles. The number of hydrogen-bond acceptors (Lipinski definition) is 2. The summed E-state index contributed by atoms with van der Waals surface area (Å²) in [4.78, 5) is 21.2. The summed E-state index contributed by atoms with van der Waals surface area (Å²) < 4.78 is 0. The van der Waals surface area contributed by atoms with Gasteiger partial charge in [0.2, 0.25) is 0 Å². The first-order valence-electron chi connectivity index (χ1n) is 3.29. The Morgan fingerprint density at radius 3 is 2.07 bits per heavy atom. The van der Waals surface area contributed by atoms with Gasteiger partial charge in [-0.05, 0) is 12.1 Å². The fourth-order valence-corrected chi connectivity index (χ4v) is 1.18. The average Bonchev–Trinajstić information content (AvgIpc) is 2.02. The first kappa shape index (κ1) is 14.1. The van der Waals surface area contributed by atoms with Gasteiger partial charge in [0, 0.05) is 0 Å². The van der Waals surface area contributed by atoms with Crippen LogP contribution in [0.3, 0.4) is 0 Å². The van der Waals surface area contributed by atoms with Crippen molar-refractivity contribution < 1.29 is 19.8 Å². The maximum atomic E-state index is 10.6. The van der Waals surface area contributed by atoms with Gasteiger partial charge in [-0.1, -0.05) is 17.7 Å². The molecule has 2 N–H and O–H groups in total. The van der Waals surface area contributed by atoms with Crippen LogP contribution in [0, 0.1) is 0 Å². The number of rotatable bonds is 2. The van der Waals surface area contributed by atoms with Crippen molar-refractivity contribution in [3.63, 3.8) is 0 Å². The van der Waals surface area contributed by atoms with Crippen molar-refractivity contribution in [1.82, 2.24) is 0 Å². The first-order chi connectivity index (χ1) is 6.04. The molecule has 0 amide bonds. The molecule has 1 rings (SSSR count). The minimum absolute atomic E-state index is 0.